The lowest BCUT2D eigenvalue weighted by molar-refractivity contribution is -0.178. The monoisotopic (exact) mass is 610 g/mol. The molecule has 43 heavy (non-hydrogen) atoms. The largest absolute Gasteiger partial charge is 0.464 e. The van der Waals surface area contributed by atoms with E-state index in [1.165, 1.54) is 0 Å². The molecule has 1 fully saturated rings. The van der Waals surface area contributed by atoms with Crippen molar-refractivity contribution in [2.45, 2.75) is 95.9 Å². The number of hydrogen-bond acceptors (Lipinski definition) is 12. The summed E-state index contributed by atoms with van der Waals surface area (Å²) in [6, 6.07) is 6.35. The third-order valence-electron chi connectivity index (χ3n) is 6.64. The third-order valence-corrected chi connectivity index (χ3v) is 6.64. The fourth-order valence-electron chi connectivity index (χ4n) is 4.99. The second-order valence-electron chi connectivity index (χ2n) is 11.2. The van der Waals surface area contributed by atoms with Crippen LogP contribution in [0, 0.1) is 0 Å². The molecule has 1 saturated heterocycles. The van der Waals surface area contributed by atoms with Gasteiger partial charge in [-0.2, -0.15) is 0 Å². The van der Waals surface area contributed by atoms with E-state index in [4.69, 9.17) is 23.7 Å². The number of methoxy groups -OCH3 is 1. The van der Waals surface area contributed by atoms with Crippen molar-refractivity contribution in [2.24, 2.45) is 0 Å². The van der Waals surface area contributed by atoms with Crippen LogP contribution in [-0.2, 0) is 44.7 Å². The topological polar surface area (TPSA) is 187 Å². The molecule has 14 heteroatoms. The van der Waals surface area contributed by atoms with Gasteiger partial charge in [0, 0.05) is 19.9 Å². The molecule has 0 saturated carbocycles. The number of likely N-dealkylation sites (tertiary alicyclic amines) is 1. The number of amides is 2. The third kappa shape index (κ3) is 9.82. The van der Waals surface area contributed by atoms with Crippen LogP contribution >= 0.6 is 0 Å². The minimum Gasteiger partial charge on any atom is -0.464 e. The molecule has 0 radical (unpaired) electrons. The van der Waals surface area contributed by atoms with E-state index in [-0.39, 0.29) is 25.9 Å². The van der Waals surface area contributed by atoms with E-state index in [9.17, 15) is 34.2 Å². The first kappa shape index (κ1) is 35.3. The lowest BCUT2D eigenvalue weighted by Crippen LogP contribution is -2.69. The van der Waals surface area contributed by atoms with Crippen molar-refractivity contribution in [1.29, 1.82) is 0 Å². The molecule has 1 aliphatic rings. The Morgan fingerprint density at radius 1 is 1.07 bits per heavy atom. The van der Waals surface area contributed by atoms with Gasteiger partial charge in [0.2, 0.25) is 0 Å². The Bertz CT molecular complexity index is 1120. The first-order chi connectivity index (χ1) is 20.1. The number of aliphatic hydroxyl groups excluding tert-OH is 2. The van der Waals surface area contributed by atoms with Gasteiger partial charge in [-0.3, -0.25) is 14.5 Å². The molecule has 240 valence electrons. The lowest BCUT2D eigenvalue weighted by atomic mass is 9.84. The fourth-order valence-corrected chi connectivity index (χ4v) is 4.99. The second kappa shape index (κ2) is 15.5. The van der Waals surface area contributed by atoms with Gasteiger partial charge in [-0.1, -0.05) is 30.3 Å². The van der Waals surface area contributed by atoms with E-state index in [2.05, 4.69) is 5.32 Å². The van der Waals surface area contributed by atoms with Crippen molar-refractivity contribution >= 4 is 30.1 Å². The summed E-state index contributed by atoms with van der Waals surface area (Å²) in [5, 5.41) is 22.3. The minimum absolute atomic E-state index is 0.0804. The van der Waals surface area contributed by atoms with E-state index in [1.54, 1.807) is 51.1 Å². The van der Waals surface area contributed by atoms with Crippen LogP contribution in [0.4, 0.5) is 9.59 Å². The van der Waals surface area contributed by atoms with Crippen LogP contribution in [0.25, 0.3) is 0 Å². The van der Waals surface area contributed by atoms with Crippen LogP contribution in [0.15, 0.2) is 30.3 Å². The highest BCUT2D eigenvalue weighted by atomic mass is 16.6. The number of carbonyl (C=O) groups excluding carboxylic acids is 5. The zero-order valence-corrected chi connectivity index (χ0v) is 25.4. The molecule has 1 aliphatic heterocycles. The smallest absolute Gasteiger partial charge is 0.410 e. The first-order valence-electron chi connectivity index (χ1n) is 13.8. The molecule has 2 rings (SSSR count). The maximum Gasteiger partial charge on any atom is 0.410 e. The van der Waals surface area contributed by atoms with Gasteiger partial charge in [-0.15, -0.1) is 0 Å². The highest BCUT2D eigenvalue weighted by Crippen LogP contribution is 2.43. The Morgan fingerprint density at radius 2 is 1.72 bits per heavy atom. The zero-order valence-electron chi connectivity index (χ0n) is 25.4. The van der Waals surface area contributed by atoms with Crippen molar-refractivity contribution in [3.8, 4) is 0 Å². The number of esters is 3. The predicted octanol–water partition coefficient (Wildman–Crippen LogP) is 1.83. The number of alkyl carbamates (subject to hydrolysis) is 1. The molecule has 0 aromatic heterocycles. The molecule has 14 nitrogen and oxygen atoms in total. The Hall–Kier alpha value is -3.91. The van der Waals surface area contributed by atoms with E-state index < -0.39 is 78.7 Å². The van der Waals surface area contributed by atoms with Crippen molar-refractivity contribution in [3.05, 3.63) is 35.9 Å². The van der Waals surface area contributed by atoms with Gasteiger partial charge >= 0.3 is 30.1 Å². The van der Waals surface area contributed by atoms with Crippen LogP contribution in [0.2, 0.25) is 0 Å². The van der Waals surface area contributed by atoms with Gasteiger partial charge in [-0.25, -0.2) is 14.4 Å². The SMILES string of the molecule is COC(=O)N1[C@@H](C[C@@H](O)CO)CC[C@]1(C(=O)OCc1ccccc1)[C@@H](OC(C)=O)[C@@H](COC(C)=O)NC(=O)OC(C)(C)C. The quantitative estimate of drug-likeness (QED) is 0.231. The predicted molar refractivity (Wildman–Crippen MR) is 149 cm³/mol. The van der Waals surface area contributed by atoms with E-state index >= 15 is 0 Å². The molecular weight excluding hydrogens is 568 g/mol. The van der Waals surface area contributed by atoms with Crippen molar-refractivity contribution in [2.75, 3.05) is 20.3 Å². The van der Waals surface area contributed by atoms with Gasteiger partial charge in [-0.05, 0) is 45.6 Å². The molecule has 0 bridgehead atoms. The Labute approximate surface area is 250 Å². The molecule has 0 aliphatic carbocycles. The van der Waals surface area contributed by atoms with Crippen LogP contribution in [0.1, 0.15) is 59.4 Å². The number of aliphatic hydroxyl groups is 2. The van der Waals surface area contributed by atoms with Crippen LogP contribution < -0.4 is 5.32 Å². The molecule has 0 spiro atoms. The Morgan fingerprint density at radius 3 is 2.26 bits per heavy atom. The van der Waals surface area contributed by atoms with Crippen LogP contribution in [0.3, 0.4) is 0 Å². The van der Waals surface area contributed by atoms with Gasteiger partial charge in [0.05, 0.1) is 19.8 Å². The fraction of sp³-hybridized carbons (Fsp3) is 0.621. The molecule has 2 amide bonds. The number of nitrogens with zero attached hydrogens (tertiary/aromatic N) is 1. The molecule has 0 unspecified atom stereocenters. The van der Waals surface area contributed by atoms with E-state index in [0.29, 0.717) is 5.56 Å². The van der Waals surface area contributed by atoms with Crippen LogP contribution in [0.5, 0.6) is 0 Å². The second-order valence-corrected chi connectivity index (χ2v) is 11.2. The molecule has 1 aromatic rings. The highest BCUT2D eigenvalue weighted by Gasteiger charge is 2.64. The first-order valence-corrected chi connectivity index (χ1v) is 13.8. The van der Waals surface area contributed by atoms with Gasteiger partial charge in [0.25, 0.3) is 0 Å². The summed E-state index contributed by atoms with van der Waals surface area (Å²) in [5.74, 6) is -2.63. The summed E-state index contributed by atoms with van der Waals surface area (Å²) in [4.78, 5) is 65.9. The standard InChI is InChI=1S/C29H42N2O12/c1-18(33)40-17-23(30-26(37)43-28(3,4)5)24(42-19(2)34)29(25(36)41-16-20-10-8-7-9-11-20)13-12-21(14-22(35)15-32)31(29)27(38)39-6/h7-11,21-24,32,35H,12-17H2,1-6H3,(H,30,37)/t21-,22-,23-,24+,29-/m1/s1. The molecule has 3 N–H and O–H groups in total. The summed E-state index contributed by atoms with van der Waals surface area (Å²) in [7, 11) is 1.08. The van der Waals surface area contributed by atoms with Gasteiger partial charge in [0.1, 0.15) is 24.9 Å². The van der Waals surface area contributed by atoms with Crippen molar-refractivity contribution in [1.82, 2.24) is 10.2 Å². The number of rotatable bonds is 12. The zero-order chi connectivity index (χ0) is 32.4. The van der Waals surface area contributed by atoms with Crippen molar-refractivity contribution in [3.63, 3.8) is 0 Å². The Kier molecular flexibility index (Phi) is 12.7. The number of ether oxygens (including phenoxy) is 5. The minimum atomic E-state index is -2.15. The maximum absolute atomic E-state index is 14.2. The molecule has 5 atom stereocenters. The highest BCUT2D eigenvalue weighted by molar-refractivity contribution is 5.88. The average Bonchev–Trinajstić information content (AvgIpc) is 3.31. The molecular formula is C29H42N2O12. The summed E-state index contributed by atoms with van der Waals surface area (Å²) < 4.78 is 26.9. The Balaban J connectivity index is 2.73. The molecule has 1 aromatic carbocycles. The normalized spacial score (nSPS) is 20.3. The van der Waals surface area contributed by atoms with Crippen molar-refractivity contribution < 1.29 is 57.9 Å². The van der Waals surface area contributed by atoms with Gasteiger partial charge in [0.15, 0.2) is 11.6 Å². The summed E-state index contributed by atoms with van der Waals surface area (Å²) in [6.07, 6.45) is -5.23. The summed E-state index contributed by atoms with van der Waals surface area (Å²) in [6.45, 7) is 5.61. The van der Waals surface area contributed by atoms with E-state index in [1.807, 2.05) is 0 Å². The molecule has 1 heterocycles. The number of carbonyl (C=O) groups is 5. The maximum atomic E-state index is 14.2. The summed E-state index contributed by atoms with van der Waals surface area (Å²) >= 11 is 0. The van der Waals surface area contributed by atoms with Gasteiger partial charge < -0.3 is 39.2 Å². The lowest BCUT2D eigenvalue weighted by Gasteiger charge is -2.45. The average molecular weight is 611 g/mol. The summed E-state index contributed by atoms with van der Waals surface area (Å²) in [5.41, 5.74) is -2.48. The number of benzene rings is 1. The van der Waals surface area contributed by atoms with E-state index in [0.717, 1.165) is 25.9 Å². The van der Waals surface area contributed by atoms with Crippen LogP contribution in [-0.4, -0.2) is 101 Å². The number of hydrogen-bond donors (Lipinski definition) is 3. The number of nitrogens with one attached hydrogen (secondary N) is 1.